The molecule has 3 atom stereocenters. The highest BCUT2D eigenvalue weighted by Gasteiger charge is 2.36. The zero-order valence-electron chi connectivity index (χ0n) is 10.9. The van der Waals surface area contributed by atoms with E-state index in [1.165, 1.54) is 19.4 Å². The summed E-state index contributed by atoms with van der Waals surface area (Å²) in [5, 5.41) is 0.734. The molecule has 0 bridgehead atoms. The molecule has 1 aromatic carbocycles. The van der Waals surface area contributed by atoms with Crippen molar-refractivity contribution in [1.82, 2.24) is 10.3 Å². The van der Waals surface area contributed by atoms with Crippen LogP contribution in [-0.2, 0) is 4.74 Å². The SMILES string of the molecule is NNC(c1ccccc1Cl)C1CN2CCCC2CO1. The summed E-state index contributed by atoms with van der Waals surface area (Å²) < 4.78 is 6.01. The van der Waals surface area contributed by atoms with Gasteiger partial charge in [-0.1, -0.05) is 29.8 Å². The number of hydrogen-bond acceptors (Lipinski definition) is 4. The van der Waals surface area contributed by atoms with Crippen molar-refractivity contribution in [1.29, 1.82) is 0 Å². The number of nitrogens with one attached hydrogen (secondary N) is 1. The van der Waals surface area contributed by atoms with Gasteiger partial charge in [-0.05, 0) is 31.0 Å². The summed E-state index contributed by atoms with van der Waals surface area (Å²) in [4.78, 5) is 2.51. The van der Waals surface area contributed by atoms with Crippen molar-refractivity contribution in [2.75, 3.05) is 19.7 Å². The summed E-state index contributed by atoms with van der Waals surface area (Å²) in [6.07, 6.45) is 2.58. The summed E-state index contributed by atoms with van der Waals surface area (Å²) in [7, 11) is 0. The lowest BCUT2D eigenvalue weighted by atomic mass is 10.00. The molecule has 2 fully saturated rings. The fraction of sp³-hybridized carbons (Fsp3) is 0.571. The maximum absolute atomic E-state index is 6.26. The molecule has 3 N–H and O–H groups in total. The van der Waals surface area contributed by atoms with E-state index in [0.29, 0.717) is 6.04 Å². The fourth-order valence-electron chi connectivity index (χ4n) is 3.17. The van der Waals surface area contributed by atoms with E-state index in [-0.39, 0.29) is 12.1 Å². The summed E-state index contributed by atoms with van der Waals surface area (Å²) in [5.41, 5.74) is 3.88. The number of ether oxygens (including phenoxy) is 1. The first kappa shape index (κ1) is 13.3. The highest BCUT2D eigenvalue weighted by molar-refractivity contribution is 6.31. The molecular formula is C14H20ClN3O. The van der Waals surface area contributed by atoms with Gasteiger partial charge in [-0.25, -0.2) is 0 Å². The summed E-state index contributed by atoms with van der Waals surface area (Å²) in [6, 6.07) is 8.34. The largest absolute Gasteiger partial charge is 0.373 e. The molecule has 0 aliphatic carbocycles. The van der Waals surface area contributed by atoms with Gasteiger partial charge in [0.05, 0.1) is 18.8 Å². The second kappa shape index (κ2) is 5.77. The van der Waals surface area contributed by atoms with Crippen LogP contribution in [0.3, 0.4) is 0 Å². The number of halogens is 1. The molecule has 4 nitrogen and oxygen atoms in total. The van der Waals surface area contributed by atoms with Crippen LogP contribution < -0.4 is 11.3 Å². The van der Waals surface area contributed by atoms with Gasteiger partial charge < -0.3 is 4.74 Å². The van der Waals surface area contributed by atoms with E-state index < -0.39 is 0 Å². The van der Waals surface area contributed by atoms with Gasteiger partial charge in [0.15, 0.2) is 0 Å². The predicted molar refractivity (Wildman–Crippen MR) is 75.9 cm³/mol. The Morgan fingerprint density at radius 2 is 2.26 bits per heavy atom. The number of hydrazine groups is 1. The Hall–Kier alpha value is -0.650. The van der Waals surface area contributed by atoms with E-state index in [1.54, 1.807) is 0 Å². The van der Waals surface area contributed by atoms with E-state index in [2.05, 4.69) is 10.3 Å². The van der Waals surface area contributed by atoms with E-state index in [4.69, 9.17) is 22.2 Å². The minimum absolute atomic E-state index is 0.0549. The van der Waals surface area contributed by atoms with Crippen LogP contribution in [0.2, 0.25) is 5.02 Å². The molecule has 5 heteroatoms. The lowest BCUT2D eigenvalue weighted by Gasteiger charge is -2.38. The van der Waals surface area contributed by atoms with Gasteiger partial charge in [0.1, 0.15) is 0 Å². The minimum atomic E-state index is -0.0600. The first-order valence-electron chi connectivity index (χ1n) is 6.86. The number of hydrogen-bond donors (Lipinski definition) is 2. The van der Waals surface area contributed by atoms with Gasteiger partial charge in [0, 0.05) is 17.6 Å². The van der Waals surface area contributed by atoms with Crippen LogP contribution in [-0.4, -0.2) is 36.7 Å². The van der Waals surface area contributed by atoms with Crippen LogP contribution in [0.15, 0.2) is 24.3 Å². The molecule has 2 aliphatic rings. The topological polar surface area (TPSA) is 50.5 Å². The molecule has 0 spiro atoms. The van der Waals surface area contributed by atoms with Crippen molar-refractivity contribution in [3.05, 3.63) is 34.9 Å². The molecule has 104 valence electrons. The second-order valence-corrected chi connectivity index (χ2v) is 5.74. The smallest absolute Gasteiger partial charge is 0.0910 e. The maximum atomic E-state index is 6.26. The number of rotatable bonds is 3. The molecular weight excluding hydrogens is 262 g/mol. The molecule has 1 aromatic rings. The van der Waals surface area contributed by atoms with E-state index in [0.717, 1.165) is 23.7 Å². The van der Waals surface area contributed by atoms with Crippen molar-refractivity contribution in [3.63, 3.8) is 0 Å². The Balaban J connectivity index is 1.77. The third-order valence-electron chi connectivity index (χ3n) is 4.21. The average Bonchev–Trinajstić information content (AvgIpc) is 2.89. The molecule has 0 aromatic heterocycles. The van der Waals surface area contributed by atoms with Crippen molar-refractivity contribution >= 4 is 11.6 Å². The molecule has 0 amide bonds. The Bertz CT molecular complexity index is 442. The molecule has 2 heterocycles. The monoisotopic (exact) mass is 281 g/mol. The van der Waals surface area contributed by atoms with Gasteiger partial charge >= 0.3 is 0 Å². The summed E-state index contributed by atoms with van der Waals surface area (Å²) in [5.74, 6) is 5.73. The van der Waals surface area contributed by atoms with Crippen LogP contribution in [0.5, 0.6) is 0 Å². The molecule has 2 aliphatic heterocycles. The van der Waals surface area contributed by atoms with Crippen molar-refractivity contribution in [2.45, 2.75) is 31.0 Å². The molecule has 3 unspecified atom stereocenters. The number of fused-ring (bicyclic) bond motifs is 1. The Morgan fingerprint density at radius 3 is 3.05 bits per heavy atom. The van der Waals surface area contributed by atoms with E-state index in [9.17, 15) is 0 Å². The molecule has 0 saturated carbocycles. The van der Waals surface area contributed by atoms with Crippen LogP contribution in [0.25, 0.3) is 0 Å². The minimum Gasteiger partial charge on any atom is -0.373 e. The first-order valence-corrected chi connectivity index (χ1v) is 7.23. The van der Waals surface area contributed by atoms with Crippen LogP contribution >= 0.6 is 11.6 Å². The average molecular weight is 282 g/mol. The molecule has 2 saturated heterocycles. The quantitative estimate of drug-likeness (QED) is 0.654. The van der Waals surface area contributed by atoms with Crippen molar-refractivity contribution in [3.8, 4) is 0 Å². The Kier molecular flexibility index (Phi) is 4.05. The van der Waals surface area contributed by atoms with Gasteiger partial charge in [0.2, 0.25) is 0 Å². The molecule has 0 radical (unpaired) electrons. The lowest BCUT2D eigenvalue weighted by Crippen LogP contribution is -2.51. The highest BCUT2D eigenvalue weighted by atomic mass is 35.5. The normalized spacial score (nSPS) is 29.2. The third kappa shape index (κ3) is 2.64. The number of nitrogens with zero attached hydrogens (tertiary/aromatic N) is 1. The zero-order chi connectivity index (χ0) is 13.2. The van der Waals surface area contributed by atoms with E-state index in [1.807, 2.05) is 24.3 Å². The van der Waals surface area contributed by atoms with Gasteiger partial charge in [-0.2, -0.15) is 0 Å². The van der Waals surface area contributed by atoms with Crippen molar-refractivity contribution in [2.24, 2.45) is 5.84 Å². The zero-order valence-corrected chi connectivity index (χ0v) is 11.6. The van der Waals surface area contributed by atoms with Gasteiger partial charge in [0.25, 0.3) is 0 Å². The second-order valence-electron chi connectivity index (χ2n) is 5.33. The summed E-state index contributed by atoms with van der Waals surface area (Å²) in [6.45, 7) is 2.89. The standard InChI is InChI=1S/C14H20ClN3O/c15-12-6-2-1-5-11(12)14(17-16)13-8-18-7-3-4-10(18)9-19-13/h1-2,5-6,10,13-14,17H,3-4,7-9,16H2. The Labute approximate surface area is 118 Å². The van der Waals surface area contributed by atoms with Crippen molar-refractivity contribution < 1.29 is 4.74 Å². The maximum Gasteiger partial charge on any atom is 0.0910 e. The fourth-order valence-corrected chi connectivity index (χ4v) is 3.42. The van der Waals surface area contributed by atoms with Crippen LogP contribution in [0, 0.1) is 0 Å². The predicted octanol–water partition coefficient (Wildman–Crippen LogP) is 1.71. The highest BCUT2D eigenvalue weighted by Crippen LogP contribution is 2.31. The van der Waals surface area contributed by atoms with Crippen LogP contribution in [0.4, 0.5) is 0 Å². The lowest BCUT2D eigenvalue weighted by molar-refractivity contribution is -0.0653. The van der Waals surface area contributed by atoms with Gasteiger partial charge in [-0.15, -0.1) is 0 Å². The third-order valence-corrected chi connectivity index (χ3v) is 4.55. The molecule has 19 heavy (non-hydrogen) atoms. The summed E-state index contributed by atoms with van der Waals surface area (Å²) >= 11 is 6.26. The first-order chi connectivity index (χ1) is 9.29. The van der Waals surface area contributed by atoms with Crippen LogP contribution in [0.1, 0.15) is 24.4 Å². The number of morpholine rings is 1. The number of nitrogens with two attached hydrogens (primary N) is 1. The molecule has 3 rings (SSSR count). The van der Waals surface area contributed by atoms with E-state index >= 15 is 0 Å². The van der Waals surface area contributed by atoms with Gasteiger partial charge in [-0.3, -0.25) is 16.2 Å². The number of benzene rings is 1. The Morgan fingerprint density at radius 1 is 1.42 bits per heavy atom.